The lowest BCUT2D eigenvalue weighted by Crippen LogP contribution is -2.38. The third kappa shape index (κ3) is 3.19. The van der Waals surface area contributed by atoms with E-state index in [1.165, 1.54) is 0 Å². The first-order valence-electron chi connectivity index (χ1n) is 8.54. The van der Waals surface area contributed by atoms with Crippen LogP contribution in [0.3, 0.4) is 0 Å². The van der Waals surface area contributed by atoms with Crippen molar-refractivity contribution >= 4 is 15.5 Å². The molecule has 2 atom stereocenters. The van der Waals surface area contributed by atoms with Crippen molar-refractivity contribution < 1.29 is 18.6 Å². The van der Waals surface area contributed by atoms with Crippen molar-refractivity contribution in [3.05, 3.63) is 53.6 Å². The number of phenols is 1. The summed E-state index contributed by atoms with van der Waals surface area (Å²) < 4.78 is 26.0. The highest BCUT2D eigenvalue weighted by Crippen LogP contribution is 2.45. The van der Waals surface area contributed by atoms with Crippen molar-refractivity contribution in [2.24, 2.45) is 5.41 Å². The van der Waals surface area contributed by atoms with Gasteiger partial charge in [-0.1, -0.05) is 26.0 Å². The molecule has 0 saturated carbocycles. The maximum absolute atomic E-state index is 13.0. The van der Waals surface area contributed by atoms with Crippen molar-refractivity contribution in [3.8, 4) is 5.75 Å². The van der Waals surface area contributed by atoms with Crippen LogP contribution in [-0.4, -0.2) is 44.6 Å². The van der Waals surface area contributed by atoms with Crippen LogP contribution in [0.25, 0.3) is 0 Å². The normalized spacial score (nSPS) is 23.7. The third-order valence-corrected chi connectivity index (χ3v) is 7.28. The van der Waals surface area contributed by atoms with Crippen molar-refractivity contribution in [2.45, 2.75) is 30.8 Å². The number of anilines is 1. The minimum atomic E-state index is -3.54. The fourth-order valence-electron chi connectivity index (χ4n) is 3.66. The van der Waals surface area contributed by atoms with Gasteiger partial charge in [-0.2, -0.15) is 0 Å². The molecular weight excluding hydrogens is 350 g/mol. The summed E-state index contributed by atoms with van der Waals surface area (Å²) in [6.07, 6.45) is -0.888. The van der Waals surface area contributed by atoms with Crippen LogP contribution in [0.5, 0.6) is 5.75 Å². The molecule has 0 unspecified atom stereocenters. The van der Waals surface area contributed by atoms with Crippen LogP contribution in [0.15, 0.2) is 47.4 Å². The van der Waals surface area contributed by atoms with Gasteiger partial charge >= 0.3 is 0 Å². The Kier molecular flexibility index (Phi) is 4.53. The van der Waals surface area contributed by atoms with Crippen LogP contribution in [0.2, 0.25) is 0 Å². The average molecular weight is 375 g/mol. The molecule has 2 N–H and O–H groups in total. The quantitative estimate of drug-likeness (QED) is 0.844. The summed E-state index contributed by atoms with van der Waals surface area (Å²) >= 11 is 0. The Morgan fingerprint density at radius 2 is 1.69 bits per heavy atom. The number of aromatic hydroxyl groups is 1. The maximum atomic E-state index is 13.0. The lowest BCUT2D eigenvalue weighted by Gasteiger charge is -2.33. The fourth-order valence-corrected chi connectivity index (χ4v) is 5.78. The van der Waals surface area contributed by atoms with Gasteiger partial charge in [0, 0.05) is 31.1 Å². The minimum Gasteiger partial charge on any atom is -0.508 e. The minimum absolute atomic E-state index is 0.121. The molecule has 0 aromatic heterocycles. The molecule has 0 amide bonds. The van der Waals surface area contributed by atoms with E-state index >= 15 is 0 Å². The van der Waals surface area contributed by atoms with E-state index < -0.39 is 27.3 Å². The Morgan fingerprint density at radius 1 is 1.08 bits per heavy atom. The number of phenolic OH excluding ortho intramolecular Hbond substituents is 1. The van der Waals surface area contributed by atoms with Gasteiger partial charge in [0.25, 0.3) is 0 Å². The predicted molar refractivity (Wildman–Crippen MR) is 103 cm³/mol. The molecule has 1 aliphatic rings. The van der Waals surface area contributed by atoms with Crippen LogP contribution < -0.4 is 4.90 Å². The topological polar surface area (TPSA) is 77.8 Å². The van der Waals surface area contributed by atoms with E-state index in [9.17, 15) is 18.6 Å². The van der Waals surface area contributed by atoms with Crippen molar-refractivity contribution in [2.75, 3.05) is 24.7 Å². The Hall–Kier alpha value is -2.05. The number of aliphatic hydroxyl groups excluding tert-OH is 1. The summed E-state index contributed by atoms with van der Waals surface area (Å²) in [7, 11) is 0.245. The molecule has 0 fully saturated rings. The largest absolute Gasteiger partial charge is 0.508 e. The molecule has 5 nitrogen and oxygen atoms in total. The average Bonchev–Trinajstić information content (AvgIpc) is 2.60. The fraction of sp³-hybridized carbons (Fsp3) is 0.400. The second-order valence-corrected chi connectivity index (χ2v) is 9.84. The summed E-state index contributed by atoms with van der Waals surface area (Å²) in [6, 6.07) is 11.9. The zero-order valence-corrected chi connectivity index (χ0v) is 16.3. The lowest BCUT2D eigenvalue weighted by molar-refractivity contribution is 0.0521. The van der Waals surface area contributed by atoms with E-state index in [1.807, 2.05) is 25.1 Å². The maximum Gasteiger partial charge on any atom is 0.179 e. The molecule has 0 bridgehead atoms. The van der Waals surface area contributed by atoms with Gasteiger partial charge < -0.3 is 15.1 Å². The number of fused-ring (bicyclic) bond motifs is 1. The summed E-state index contributed by atoms with van der Waals surface area (Å²) in [5, 5.41) is 20.8. The van der Waals surface area contributed by atoms with Gasteiger partial charge in [0.1, 0.15) is 5.75 Å². The molecule has 1 heterocycles. The number of benzene rings is 2. The molecule has 0 saturated heterocycles. The van der Waals surface area contributed by atoms with Crippen LogP contribution in [0.1, 0.15) is 30.9 Å². The van der Waals surface area contributed by atoms with E-state index in [0.717, 1.165) is 11.3 Å². The molecule has 0 spiro atoms. The SMILES string of the molecule is CN(C)c1ccc2c(c1)[C@H](c1ccc(O)cc1)[C@H](O)C(C)(C)CS2(=O)=O. The first-order chi connectivity index (χ1) is 12.0. The van der Waals surface area contributed by atoms with E-state index in [4.69, 9.17) is 0 Å². The van der Waals surface area contributed by atoms with Crippen molar-refractivity contribution in [3.63, 3.8) is 0 Å². The zero-order valence-electron chi connectivity index (χ0n) is 15.5. The Bertz CT molecular complexity index is 917. The van der Waals surface area contributed by atoms with E-state index in [2.05, 4.69) is 0 Å². The number of nitrogens with zero attached hydrogens (tertiary/aromatic N) is 1. The zero-order chi connectivity index (χ0) is 19.3. The van der Waals surface area contributed by atoms with Gasteiger partial charge in [-0.3, -0.25) is 0 Å². The third-order valence-electron chi connectivity index (χ3n) is 5.11. The van der Waals surface area contributed by atoms with E-state index in [0.29, 0.717) is 5.56 Å². The molecule has 140 valence electrons. The van der Waals surface area contributed by atoms with Crippen molar-refractivity contribution in [1.82, 2.24) is 0 Å². The van der Waals surface area contributed by atoms with Crippen LogP contribution in [0.4, 0.5) is 5.69 Å². The Labute approximate surface area is 154 Å². The van der Waals surface area contributed by atoms with Gasteiger partial charge in [0.2, 0.25) is 0 Å². The molecule has 2 aromatic rings. The molecule has 0 radical (unpaired) electrons. The van der Waals surface area contributed by atoms with Gasteiger partial charge in [-0.25, -0.2) is 8.42 Å². The van der Waals surface area contributed by atoms with E-state index in [-0.39, 0.29) is 16.4 Å². The number of hydrogen-bond acceptors (Lipinski definition) is 5. The van der Waals surface area contributed by atoms with Crippen LogP contribution >= 0.6 is 0 Å². The lowest BCUT2D eigenvalue weighted by atomic mass is 9.75. The molecule has 3 rings (SSSR count). The molecule has 26 heavy (non-hydrogen) atoms. The molecule has 0 aliphatic carbocycles. The number of hydrogen-bond donors (Lipinski definition) is 2. The molecular formula is C20H25NO4S. The van der Waals surface area contributed by atoms with Gasteiger partial charge in [0.15, 0.2) is 9.84 Å². The van der Waals surface area contributed by atoms with E-state index in [1.54, 1.807) is 50.2 Å². The van der Waals surface area contributed by atoms with Crippen LogP contribution in [-0.2, 0) is 9.84 Å². The first-order valence-corrected chi connectivity index (χ1v) is 10.2. The highest BCUT2D eigenvalue weighted by Gasteiger charge is 2.45. The Morgan fingerprint density at radius 3 is 2.27 bits per heavy atom. The number of aliphatic hydroxyl groups is 1. The number of sulfone groups is 1. The molecule has 2 aromatic carbocycles. The summed E-state index contributed by atoms with van der Waals surface area (Å²) in [5.74, 6) is -0.492. The second kappa shape index (κ2) is 6.28. The standard InChI is InChI=1S/C20H25NO4S/c1-20(2)12-26(24,25)17-10-7-14(21(3)4)11-16(17)18(19(20)23)13-5-8-15(22)9-6-13/h5-11,18-19,22-23H,12H2,1-4H3/t18-,19-/m0/s1. The molecule has 1 aliphatic heterocycles. The van der Waals surface area contributed by atoms with Gasteiger partial charge in [0.05, 0.1) is 16.8 Å². The second-order valence-electron chi connectivity index (χ2n) is 7.88. The highest BCUT2D eigenvalue weighted by molar-refractivity contribution is 7.91. The Balaban J connectivity index is 2.32. The highest BCUT2D eigenvalue weighted by atomic mass is 32.2. The first kappa shape index (κ1) is 18.7. The summed E-state index contributed by atoms with van der Waals surface area (Å²) in [5.41, 5.74) is 1.42. The van der Waals surface area contributed by atoms with Crippen LogP contribution in [0, 0.1) is 5.41 Å². The summed E-state index contributed by atoms with van der Waals surface area (Å²) in [4.78, 5) is 2.18. The molecule has 6 heteroatoms. The monoisotopic (exact) mass is 375 g/mol. The van der Waals surface area contributed by atoms with Gasteiger partial charge in [-0.05, 0) is 41.5 Å². The number of rotatable bonds is 2. The predicted octanol–water partition coefficient (Wildman–Crippen LogP) is 2.76. The van der Waals surface area contributed by atoms with Crippen molar-refractivity contribution in [1.29, 1.82) is 0 Å². The smallest absolute Gasteiger partial charge is 0.179 e. The van der Waals surface area contributed by atoms with Gasteiger partial charge in [-0.15, -0.1) is 0 Å². The summed E-state index contributed by atoms with van der Waals surface area (Å²) in [6.45, 7) is 3.56.